The average molecular weight is 386 g/mol. The van der Waals surface area contributed by atoms with Crippen molar-refractivity contribution in [2.24, 2.45) is 0 Å². The molecule has 27 heavy (non-hydrogen) atoms. The van der Waals surface area contributed by atoms with E-state index in [2.05, 4.69) is 31.3 Å². The molecule has 1 fully saturated rings. The molecule has 5 nitrogen and oxygen atoms in total. The molecule has 2 aromatic rings. The molecule has 0 saturated carbocycles. The van der Waals surface area contributed by atoms with Gasteiger partial charge in [-0.1, -0.05) is 32.0 Å². The van der Waals surface area contributed by atoms with Gasteiger partial charge in [0.05, 0.1) is 5.56 Å². The first-order valence-electron chi connectivity index (χ1n) is 9.62. The topological polar surface area (TPSA) is 52.7 Å². The van der Waals surface area contributed by atoms with Crippen molar-refractivity contribution in [2.75, 3.05) is 31.5 Å². The van der Waals surface area contributed by atoms with Crippen molar-refractivity contribution in [2.45, 2.75) is 33.1 Å². The van der Waals surface area contributed by atoms with Crippen LogP contribution in [-0.2, 0) is 12.8 Å². The molecule has 2 heterocycles. The molecular weight excluding hydrogens is 358 g/mol. The van der Waals surface area contributed by atoms with Crippen LogP contribution >= 0.6 is 11.3 Å². The minimum absolute atomic E-state index is 0.0584. The van der Waals surface area contributed by atoms with Gasteiger partial charge in [0.1, 0.15) is 0 Å². The van der Waals surface area contributed by atoms with E-state index in [1.165, 1.54) is 11.3 Å². The zero-order valence-corrected chi connectivity index (χ0v) is 16.8. The van der Waals surface area contributed by atoms with E-state index in [4.69, 9.17) is 0 Å². The van der Waals surface area contributed by atoms with Gasteiger partial charge in [-0.25, -0.2) is 4.79 Å². The molecule has 1 aliphatic rings. The van der Waals surface area contributed by atoms with Crippen LogP contribution < -0.4 is 5.32 Å². The Morgan fingerprint density at radius 1 is 1.00 bits per heavy atom. The van der Waals surface area contributed by atoms with Gasteiger partial charge in [0.15, 0.2) is 0 Å². The number of para-hydroxylation sites is 1. The maximum atomic E-state index is 12.9. The first kappa shape index (κ1) is 19.4. The van der Waals surface area contributed by atoms with Crippen molar-refractivity contribution >= 4 is 29.0 Å². The molecule has 0 spiro atoms. The van der Waals surface area contributed by atoms with Gasteiger partial charge in [0.2, 0.25) is 0 Å². The third kappa shape index (κ3) is 4.50. The number of urea groups is 1. The fraction of sp³-hybridized carbons (Fsp3) is 0.429. The van der Waals surface area contributed by atoms with E-state index < -0.39 is 0 Å². The SMILES string of the molecule is CCc1cccc(CC)c1NC(=O)N1CCCN(C(=O)c2ccsc2)CC1. The van der Waals surface area contributed by atoms with Crippen molar-refractivity contribution in [1.29, 1.82) is 0 Å². The molecule has 144 valence electrons. The summed E-state index contributed by atoms with van der Waals surface area (Å²) in [5.74, 6) is 0.0584. The van der Waals surface area contributed by atoms with Gasteiger partial charge in [-0.2, -0.15) is 11.3 Å². The van der Waals surface area contributed by atoms with E-state index in [9.17, 15) is 9.59 Å². The van der Waals surface area contributed by atoms with Crippen molar-refractivity contribution < 1.29 is 9.59 Å². The maximum absolute atomic E-state index is 12.9. The zero-order valence-electron chi connectivity index (χ0n) is 16.0. The van der Waals surface area contributed by atoms with Crippen LogP contribution in [0.15, 0.2) is 35.0 Å². The second-order valence-electron chi connectivity index (χ2n) is 6.73. The third-order valence-electron chi connectivity index (χ3n) is 5.07. The number of benzene rings is 1. The predicted molar refractivity (Wildman–Crippen MR) is 111 cm³/mol. The number of hydrogen-bond donors (Lipinski definition) is 1. The normalized spacial score (nSPS) is 14.7. The van der Waals surface area contributed by atoms with Crippen LogP contribution in [0.25, 0.3) is 0 Å². The Morgan fingerprint density at radius 3 is 2.30 bits per heavy atom. The van der Waals surface area contributed by atoms with Gasteiger partial charge in [-0.05, 0) is 41.8 Å². The largest absolute Gasteiger partial charge is 0.337 e. The van der Waals surface area contributed by atoms with E-state index in [0.717, 1.165) is 41.6 Å². The quantitative estimate of drug-likeness (QED) is 0.855. The van der Waals surface area contributed by atoms with Crippen LogP contribution in [0, 0.1) is 0 Å². The van der Waals surface area contributed by atoms with Crippen LogP contribution in [0.1, 0.15) is 41.8 Å². The average Bonchev–Trinajstić information content (AvgIpc) is 3.11. The molecule has 6 heteroatoms. The Morgan fingerprint density at radius 2 is 1.67 bits per heavy atom. The van der Waals surface area contributed by atoms with E-state index in [1.807, 2.05) is 32.7 Å². The lowest BCUT2D eigenvalue weighted by atomic mass is 10.0. The van der Waals surface area contributed by atoms with Crippen LogP contribution in [0.3, 0.4) is 0 Å². The van der Waals surface area contributed by atoms with Crippen molar-refractivity contribution in [1.82, 2.24) is 9.80 Å². The zero-order chi connectivity index (χ0) is 19.2. The number of nitrogens with zero attached hydrogens (tertiary/aromatic N) is 2. The number of carbonyl (C=O) groups excluding carboxylic acids is 2. The summed E-state index contributed by atoms with van der Waals surface area (Å²) in [6, 6.07) is 7.97. The summed E-state index contributed by atoms with van der Waals surface area (Å²) >= 11 is 1.53. The highest BCUT2D eigenvalue weighted by Gasteiger charge is 2.23. The van der Waals surface area contributed by atoms with E-state index >= 15 is 0 Å². The summed E-state index contributed by atoms with van der Waals surface area (Å²) in [7, 11) is 0. The van der Waals surface area contributed by atoms with E-state index in [-0.39, 0.29) is 11.9 Å². The second-order valence-corrected chi connectivity index (χ2v) is 7.51. The molecule has 1 saturated heterocycles. The van der Waals surface area contributed by atoms with Crippen molar-refractivity contribution in [3.05, 3.63) is 51.7 Å². The fourth-order valence-corrected chi connectivity index (χ4v) is 4.11. The summed E-state index contributed by atoms with van der Waals surface area (Å²) in [4.78, 5) is 29.1. The van der Waals surface area contributed by atoms with Gasteiger partial charge in [0, 0.05) is 37.2 Å². The molecule has 1 aromatic carbocycles. The number of rotatable bonds is 4. The lowest BCUT2D eigenvalue weighted by molar-refractivity contribution is 0.0763. The van der Waals surface area contributed by atoms with Crippen LogP contribution in [0.2, 0.25) is 0 Å². The molecule has 1 N–H and O–H groups in total. The number of anilines is 1. The first-order chi connectivity index (χ1) is 13.1. The number of carbonyl (C=O) groups is 2. The Hall–Kier alpha value is -2.34. The first-order valence-corrected chi connectivity index (χ1v) is 10.6. The maximum Gasteiger partial charge on any atom is 0.321 e. The Balaban J connectivity index is 1.66. The van der Waals surface area contributed by atoms with E-state index in [0.29, 0.717) is 26.2 Å². The van der Waals surface area contributed by atoms with Gasteiger partial charge < -0.3 is 15.1 Å². The highest BCUT2D eigenvalue weighted by Crippen LogP contribution is 2.23. The lowest BCUT2D eigenvalue weighted by Crippen LogP contribution is -2.39. The summed E-state index contributed by atoms with van der Waals surface area (Å²) in [6.45, 7) is 6.67. The summed E-state index contributed by atoms with van der Waals surface area (Å²) in [5, 5.41) is 6.93. The van der Waals surface area contributed by atoms with Crippen LogP contribution in [-0.4, -0.2) is 47.9 Å². The molecule has 0 aliphatic carbocycles. The minimum atomic E-state index is -0.0737. The predicted octanol–water partition coefficient (Wildman–Crippen LogP) is 4.25. The van der Waals surface area contributed by atoms with Gasteiger partial charge in [0.25, 0.3) is 5.91 Å². The van der Waals surface area contributed by atoms with Gasteiger partial charge in [-0.15, -0.1) is 0 Å². The van der Waals surface area contributed by atoms with Crippen molar-refractivity contribution in [3.63, 3.8) is 0 Å². The Kier molecular flexibility index (Phi) is 6.50. The number of thiophene rings is 1. The van der Waals surface area contributed by atoms with Crippen molar-refractivity contribution in [3.8, 4) is 0 Å². The number of amides is 3. The highest BCUT2D eigenvalue weighted by atomic mass is 32.1. The standard InChI is InChI=1S/C21H27N3O2S/c1-3-16-7-5-8-17(4-2)19(16)22-21(26)24-11-6-10-23(12-13-24)20(25)18-9-14-27-15-18/h5,7-9,14-15H,3-4,6,10-13H2,1-2H3,(H,22,26). The van der Waals surface area contributed by atoms with Crippen LogP contribution in [0.5, 0.6) is 0 Å². The fourth-order valence-electron chi connectivity index (χ4n) is 3.48. The molecular formula is C21H27N3O2S. The number of aryl methyl sites for hydroxylation is 2. The van der Waals surface area contributed by atoms with Gasteiger partial charge >= 0.3 is 6.03 Å². The lowest BCUT2D eigenvalue weighted by Gasteiger charge is -2.23. The van der Waals surface area contributed by atoms with E-state index in [1.54, 1.807) is 0 Å². The third-order valence-corrected chi connectivity index (χ3v) is 5.75. The van der Waals surface area contributed by atoms with Gasteiger partial charge in [-0.3, -0.25) is 4.79 Å². The number of hydrogen-bond acceptors (Lipinski definition) is 3. The highest BCUT2D eigenvalue weighted by molar-refractivity contribution is 7.08. The molecule has 0 radical (unpaired) electrons. The Labute approximate surface area is 165 Å². The Bertz CT molecular complexity index is 766. The molecule has 0 atom stereocenters. The summed E-state index contributed by atoms with van der Waals surface area (Å²) in [5.41, 5.74) is 4.00. The molecule has 1 aliphatic heterocycles. The molecule has 0 bridgehead atoms. The molecule has 0 unspecified atom stereocenters. The minimum Gasteiger partial charge on any atom is -0.337 e. The summed E-state index contributed by atoms with van der Waals surface area (Å²) < 4.78 is 0. The summed E-state index contributed by atoms with van der Waals surface area (Å²) in [6.07, 6.45) is 2.55. The van der Waals surface area contributed by atoms with Crippen LogP contribution in [0.4, 0.5) is 10.5 Å². The molecule has 3 rings (SSSR count). The smallest absolute Gasteiger partial charge is 0.321 e. The number of nitrogens with one attached hydrogen (secondary N) is 1. The molecule has 3 amide bonds. The molecule has 1 aromatic heterocycles. The monoisotopic (exact) mass is 385 g/mol. The second kappa shape index (κ2) is 9.04.